The quantitative estimate of drug-likeness (QED) is 0.578. The van der Waals surface area contributed by atoms with Gasteiger partial charge in [-0.3, -0.25) is 5.32 Å². The molecule has 94 valence electrons. The Morgan fingerprint density at radius 3 is 2.65 bits per heavy atom. The number of carbonyl (C=O) groups excluding carboxylic acids is 1. The van der Waals surface area contributed by atoms with Gasteiger partial charge in [0, 0.05) is 0 Å². The first kappa shape index (κ1) is 12.5. The van der Waals surface area contributed by atoms with Crippen molar-refractivity contribution in [3.8, 4) is 0 Å². The van der Waals surface area contributed by atoms with Crippen LogP contribution >= 0.6 is 0 Å². The topological polar surface area (TPSA) is 55.1 Å². The Balaban J connectivity index is 2.01. The average Bonchev–Trinajstić information content (AvgIpc) is 2.38. The average molecular weight is 234 g/mol. The van der Waals surface area contributed by atoms with Crippen molar-refractivity contribution >= 4 is 6.29 Å². The number of rotatable bonds is 4. The van der Waals surface area contributed by atoms with E-state index in [-0.39, 0.29) is 11.7 Å². The molecule has 2 aliphatic carbocycles. The molecule has 0 heterocycles. The van der Waals surface area contributed by atoms with Gasteiger partial charge < -0.3 is 10.5 Å². The molecular weight excluding hydrogens is 212 g/mol. The van der Waals surface area contributed by atoms with Gasteiger partial charge in [-0.15, -0.1) is 0 Å². The van der Waals surface area contributed by atoms with Gasteiger partial charge in [0.2, 0.25) is 0 Å². The molecule has 17 heavy (non-hydrogen) atoms. The van der Waals surface area contributed by atoms with Crippen molar-refractivity contribution in [2.75, 3.05) is 0 Å². The number of hydrogen-bond acceptors (Lipinski definition) is 3. The fraction of sp³-hybridized carbons (Fsp3) is 0.643. The Morgan fingerprint density at radius 1 is 1.29 bits per heavy atom. The molecule has 0 radical (unpaired) electrons. The Hall–Kier alpha value is -0.930. The van der Waals surface area contributed by atoms with Crippen LogP contribution in [-0.4, -0.2) is 18.0 Å². The Morgan fingerprint density at radius 2 is 2.06 bits per heavy atom. The van der Waals surface area contributed by atoms with Gasteiger partial charge in [0.1, 0.15) is 6.29 Å². The predicted octanol–water partition coefficient (Wildman–Crippen LogP) is 2.04. The molecule has 0 amide bonds. The number of allylic oxidation sites excluding steroid dienone is 2. The van der Waals surface area contributed by atoms with Crippen LogP contribution in [0.3, 0.4) is 0 Å². The molecule has 3 N–H and O–H groups in total. The molecular formula is C14H22N2O. The van der Waals surface area contributed by atoms with E-state index in [9.17, 15) is 4.79 Å². The second kappa shape index (κ2) is 5.61. The summed E-state index contributed by atoms with van der Waals surface area (Å²) in [5.74, 6) is 0. The van der Waals surface area contributed by atoms with E-state index < -0.39 is 0 Å². The molecule has 0 saturated heterocycles. The summed E-state index contributed by atoms with van der Waals surface area (Å²) in [5, 5.41) is 3.34. The van der Waals surface area contributed by atoms with E-state index in [4.69, 9.17) is 5.73 Å². The molecule has 3 heteroatoms. The maximum atomic E-state index is 11.2. The Labute approximate surface area is 103 Å². The summed E-state index contributed by atoms with van der Waals surface area (Å²) in [6.07, 6.45) is 14.9. The molecule has 1 fully saturated rings. The van der Waals surface area contributed by atoms with Gasteiger partial charge in [-0.25, -0.2) is 0 Å². The van der Waals surface area contributed by atoms with Crippen molar-refractivity contribution in [1.82, 2.24) is 5.32 Å². The largest absolute Gasteiger partial charge is 0.313 e. The molecule has 1 unspecified atom stereocenters. The van der Waals surface area contributed by atoms with Crippen LogP contribution in [0.4, 0.5) is 0 Å². The first-order valence-corrected chi connectivity index (χ1v) is 6.62. The molecule has 0 aliphatic heterocycles. The molecule has 0 aromatic rings. The minimum atomic E-state index is -0.351. The van der Waals surface area contributed by atoms with E-state index in [0.29, 0.717) is 0 Å². The lowest BCUT2D eigenvalue weighted by atomic mass is 9.88. The zero-order valence-electron chi connectivity index (χ0n) is 10.3. The summed E-state index contributed by atoms with van der Waals surface area (Å²) < 4.78 is 0. The maximum Gasteiger partial charge on any atom is 0.141 e. The van der Waals surface area contributed by atoms with E-state index in [2.05, 4.69) is 17.5 Å². The van der Waals surface area contributed by atoms with Crippen molar-refractivity contribution in [3.05, 3.63) is 23.8 Å². The predicted molar refractivity (Wildman–Crippen MR) is 69.4 cm³/mol. The van der Waals surface area contributed by atoms with Crippen LogP contribution in [0.2, 0.25) is 0 Å². The number of nitrogens with one attached hydrogen (secondary N) is 1. The molecule has 0 spiro atoms. The lowest BCUT2D eigenvalue weighted by Crippen LogP contribution is -2.59. The molecule has 3 nitrogen and oxygen atoms in total. The van der Waals surface area contributed by atoms with Gasteiger partial charge in [-0.1, -0.05) is 37.5 Å². The Bertz CT molecular complexity index is 327. The van der Waals surface area contributed by atoms with Crippen LogP contribution in [0.15, 0.2) is 23.8 Å². The third-order valence-corrected chi connectivity index (χ3v) is 3.71. The van der Waals surface area contributed by atoms with Crippen LogP contribution in [0.1, 0.15) is 44.9 Å². The van der Waals surface area contributed by atoms with Crippen molar-refractivity contribution in [1.29, 1.82) is 0 Å². The number of nitrogens with two attached hydrogens (primary N) is 1. The first-order valence-electron chi connectivity index (χ1n) is 6.62. The molecule has 0 aromatic carbocycles. The van der Waals surface area contributed by atoms with Crippen LogP contribution in [-0.2, 0) is 4.79 Å². The minimum absolute atomic E-state index is 0.241. The summed E-state index contributed by atoms with van der Waals surface area (Å²) in [7, 11) is 0. The SMILES string of the molecule is NC1(NC(C=O)C2=CCCC=C2)CCCCC1. The van der Waals surface area contributed by atoms with E-state index in [1.807, 2.05) is 6.08 Å². The van der Waals surface area contributed by atoms with Gasteiger partial charge in [0.05, 0.1) is 11.7 Å². The third kappa shape index (κ3) is 3.27. The first-order chi connectivity index (χ1) is 8.23. The van der Waals surface area contributed by atoms with E-state index in [0.717, 1.165) is 50.4 Å². The molecule has 0 aromatic heterocycles. The van der Waals surface area contributed by atoms with Crippen molar-refractivity contribution in [3.63, 3.8) is 0 Å². The van der Waals surface area contributed by atoms with E-state index in [1.165, 1.54) is 6.42 Å². The summed E-state index contributed by atoms with van der Waals surface area (Å²) in [4.78, 5) is 11.2. The summed E-state index contributed by atoms with van der Waals surface area (Å²) >= 11 is 0. The summed E-state index contributed by atoms with van der Waals surface area (Å²) in [5.41, 5.74) is 7.04. The van der Waals surface area contributed by atoms with Crippen LogP contribution in [0.25, 0.3) is 0 Å². The third-order valence-electron chi connectivity index (χ3n) is 3.71. The van der Waals surface area contributed by atoms with Gasteiger partial charge in [0.25, 0.3) is 0 Å². The highest BCUT2D eigenvalue weighted by Crippen LogP contribution is 2.25. The molecule has 0 bridgehead atoms. The molecule has 2 aliphatic rings. The minimum Gasteiger partial charge on any atom is -0.313 e. The lowest BCUT2D eigenvalue weighted by Gasteiger charge is -2.37. The zero-order chi connectivity index (χ0) is 12.1. The smallest absolute Gasteiger partial charge is 0.141 e. The van der Waals surface area contributed by atoms with Gasteiger partial charge in [0.15, 0.2) is 0 Å². The van der Waals surface area contributed by atoms with Crippen LogP contribution in [0, 0.1) is 0 Å². The summed E-state index contributed by atoms with van der Waals surface area (Å²) in [6, 6.07) is -0.241. The van der Waals surface area contributed by atoms with Crippen LogP contribution < -0.4 is 11.1 Å². The summed E-state index contributed by atoms with van der Waals surface area (Å²) in [6.45, 7) is 0. The highest BCUT2D eigenvalue weighted by atomic mass is 16.1. The van der Waals surface area contributed by atoms with E-state index in [1.54, 1.807) is 0 Å². The molecule has 1 saturated carbocycles. The number of carbonyl (C=O) groups is 1. The highest BCUT2D eigenvalue weighted by molar-refractivity contribution is 5.65. The number of aldehydes is 1. The fourth-order valence-corrected chi connectivity index (χ4v) is 2.70. The second-order valence-electron chi connectivity index (χ2n) is 5.16. The van der Waals surface area contributed by atoms with Crippen molar-refractivity contribution < 1.29 is 4.79 Å². The number of hydrogen-bond donors (Lipinski definition) is 2. The van der Waals surface area contributed by atoms with Gasteiger partial charge in [-0.05, 0) is 31.3 Å². The lowest BCUT2D eigenvalue weighted by molar-refractivity contribution is -0.109. The normalized spacial score (nSPS) is 25.1. The molecule has 1 atom stereocenters. The second-order valence-corrected chi connectivity index (χ2v) is 5.16. The standard InChI is InChI=1S/C14H22N2O/c15-14(9-5-2-6-10-14)16-13(11-17)12-7-3-1-4-8-12/h3,7-8,11,13,16H,1-2,4-6,9-10,15H2. The van der Waals surface area contributed by atoms with Gasteiger partial charge in [-0.2, -0.15) is 0 Å². The monoisotopic (exact) mass is 234 g/mol. The van der Waals surface area contributed by atoms with Crippen molar-refractivity contribution in [2.45, 2.75) is 56.7 Å². The fourth-order valence-electron chi connectivity index (χ4n) is 2.70. The zero-order valence-corrected chi connectivity index (χ0v) is 10.3. The maximum absolute atomic E-state index is 11.2. The highest BCUT2D eigenvalue weighted by Gasteiger charge is 2.30. The van der Waals surface area contributed by atoms with E-state index >= 15 is 0 Å². The van der Waals surface area contributed by atoms with Gasteiger partial charge >= 0.3 is 0 Å². The van der Waals surface area contributed by atoms with Crippen LogP contribution in [0.5, 0.6) is 0 Å². The van der Waals surface area contributed by atoms with Crippen molar-refractivity contribution in [2.24, 2.45) is 5.73 Å². The molecule has 2 rings (SSSR count). The Kier molecular flexibility index (Phi) is 4.13.